The van der Waals surface area contributed by atoms with E-state index in [-0.39, 0.29) is 5.54 Å². The molecular formula is C14H22N4O. The van der Waals surface area contributed by atoms with Crippen LogP contribution in [-0.2, 0) is 12.0 Å². The Morgan fingerprint density at radius 3 is 2.47 bits per heavy atom. The van der Waals surface area contributed by atoms with Gasteiger partial charge in [-0.3, -0.25) is 0 Å². The van der Waals surface area contributed by atoms with Crippen LogP contribution in [0.3, 0.4) is 0 Å². The van der Waals surface area contributed by atoms with E-state index in [0.717, 1.165) is 29.5 Å². The average molecular weight is 262 g/mol. The summed E-state index contributed by atoms with van der Waals surface area (Å²) in [5, 5.41) is 8.69. The summed E-state index contributed by atoms with van der Waals surface area (Å²) in [5.74, 6) is 2.95. The Hall–Kier alpha value is -1.65. The fourth-order valence-electron chi connectivity index (χ4n) is 1.91. The van der Waals surface area contributed by atoms with Gasteiger partial charge in [0.2, 0.25) is 0 Å². The van der Waals surface area contributed by atoms with Gasteiger partial charge in [0.15, 0.2) is 17.3 Å². The highest BCUT2D eigenvalue weighted by Gasteiger charge is 2.24. The van der Waals surface area contributed by atoms with Gasteiger partial charge in [0, 0.05) is 12.5 Å². The van der Waals surface area contributed by atoms with Crippen LogP contribution in [0.5, 0.6) is 0 Å². The lowest BCUT2D eigenvalue weighted by atomic mass is 10.1. The molecule has 19 heavy (non-hydrogen) atoms. The van der Waals surface area contributed by atoms with E-state index in [4.69, 9.17) is 4.52 Å². The predicted octanol–water partition coefficient (Wildman–Crippen LogP) is 3.20. The monoisotopic (exact) mass is 262 g/mol. The molecule has 0 aromatic carbocycles. The molecule has 0 aliphatic rings. The van der Waals surface area contributed by atoms with Crippen molar-refractivity contribution in [1.29, 1.82) is 0 Å². The topological polar surface area (TPSA) is 56.7 Å². The first-order chi connectivity index (χ1) is 8.77. The fourth-order valence-corrected chi connectivity index (χ4v) is 1.91. The molecule has 104 valence electrons. The van der Waals surface area contributed by atoms with Gasteiger partial charge < -0.3 is 4.52 Å². The molecule has 0 fully saturated rings. The molecule has 0 aliphatic heterocycles. The molecule has 5 heteroatoms. The summed E-state index contributed by atoms with van der Waals surface area (Å²) in [7, 11) is 0. The minimum atomic E-state index is -0.135. The number of hydrogen-bond acceptors (Lipinski definition) is 4. The zero-order chi connectivity index (χ0) is 14.2. The number of aromatic nitrogens is 4. The molecule has 0 unspecified atom stereocenters. The first-order valence-corrected chi connectivity index (χ1v) is 6.67. The van der Waals surface area contributed by atoms with E-state index in [1.165, 1.54) is 0 Å². The van der Waals surface area contributed by atoms with Gasteiger partial charge in [0.1, 0.15) is 5.76 Å². The minimum absolute atomic E-state index is 0.135. The van der Waals surface area contributed by atoms with Crippen LogP contribution >= 0.6 is 0 Å². The van der Waals surface area contributed by atoms with Gasteiger partial charge >= 0.3 is 0 Å². The SMILES string of the molecule is Cc1cc(-c2nc(CC(C)C)nn2C(C)(C)C)no1. The Bertz CT molecular complexity index is 560. The molecule has 0 atom stereocenters. The molecule has 0 saturated heterocycles. The van der Waals surface area contributed by atoms with Crippen molar-refractivity contribution in [2.24, 2.45) is 5.92 Å². The van der Waals surface area contributed by atoms with E-state index in [1.54, 1.807) is 0 Å². The second-order valence-corrected chi connectivity index (χ2v) is 6.36. The number of nitrogens with zero attached hydrogens (tertiary/aromatic N) is 4. The number of rotatable bonds is 3. The molecule has 0 radical (unpaired) electrons. The van der Waals surface area contributed by atoms with Crippen molar-refractivity contribution in [3.8, 4) is 11.5 Å². The average Bonchev–Trinajstić information content (AvgIpc) is 2.82. The fraction of sp³-hybridized carbons (Fsp3) is 0.643. The highest BCUT2D eigenvalue weighted by Crippen LogP contribution is 2.24. The molecule has 0 saturated carbocycles. The standard InChI is InChI=1S/C14H22N4O/c1-9(2)7-12-15-13(11-8-10(3)19-17-11)18(16-12)14(4,5)6/h8-9H,7H2,1-6H3. The molecular weight excluding hydrogens is 240 g/mol. The number of hydrogen-bond donors (Lipinski definition) is 0. The maximum absolute atomic E-state index is 5.15. The van der Waals surface area contributed by atoms with Gasteiger partial charge in [0.05, 0.1) is 5.54 Å². The quantitative estimate of drug-likeness (QED) is 0.852. The molecule has 5 nitrogen and oxygen atoms in total. The normalized spacial score (nSPS) is 12.4. The van der Waals surface area contributed by atoms with E-state index < -0.39 is 0 Å². The summed E-state index contributed by atoms with van der Waals surface area (Å²) < 4.78 is 7.08. The molecule has 2 rings (SSSR count). The zero-order valence-electron chi connectivity index (χ0n) is 12.6. The maximum Gasteiger partial charge on any atom is 0.181 e. The molecule has 0 amide bonds. The van der Waals surface area contributed by atoms with E-state index in [9.17, 15) is 0 Å². The Kier molecular flexibility index (Phi) is 3.47. The summed E-state index contributed by atoms with van der Waals surface area (Å²) in [4.78, 5) is 4.63. The van der Waals surface area contributed by atoms with Crippen molar-refractivity contribution in [3.05, 3.63) is 17.7 Å². The summed E-state index contributed by atoms with van der Waals surface area (Å²) in [5.41, 5.74) is 0.611. The Balaban J connectivity index is 2.48. The minimum Gasteiger partial charge on any atom is -0.361 e. The van der Waals surface area contributed by atoms with Crippen LogP contribution in [0.25, 0.3) is 11.5 Å². The third-order valence-corrected chi connectivity index (χ3v) is 2.73. The molecule has 2 aromatic rings. The van der Waals surface area contributed by atoms with Gasteiger partial charge in [-0.1, -0.05) is 19.0 Å². The predicted molar refractivity (Wildman–Crippen MR) is 73.8 cm³/mol. The van der Waals surface area contributed by atoms with Crippen molar-refractivity contribution in [2.75, 3.05) is 0 Å². The molecule has 0 bridgehead atoms. The third kappa shape index (κ3) is 3.03. The van der Waals surface area contributed by atoms with Gasteiger partial charge in [-0.2, -0.15) is 5.10 Å². The van der Waals surface area contributed by atoms with Crippen molar-refractivity contribution in [1.82, 2.24) is 19.9 Å². The molecule has 0 aliphatic carbocycles. The lowest BCUT2D eigenvalue weighted by Gasteiger charge is -2.20. The molecule has 0 spiro atoms. The third-order valence-electron chi connectivity index (χ3n) is 2.73. The van der Waals surface area contributed by atoms with Crippen molar-refractivity contribution < 1.29 is 4.52 Å². The van der Waals surface area contributed by atoms with Crippen molar-refractivity contribution in [2.45, 2.75) is 53.5 Å². The highest BCUT2D eigenvalue weighted by molar-refractivity contribution is 5.49. The second-order valence-electron chi connectivity index (χ2n) is 6.36. The van der Waals surface area contributed by atoms with Gasteiger partial charge in [-0.25, -0.2) is 9.67 Å². The van der Waals surface area contributed by atoms with Crippen LogP contribution < -0.4 is 0 Å². The van der Waals surface area contributed by atoms with Crippen molar-refractivity contribution in [3.63, 3.8) is 0 Å². The number of aryl methyl sites for hydroxylation is 1. The lowest BCUT2D eigenvalue weighted by molar-refractivity contribution is 0.353. The lowest BCUT2D eigenvalue weighted by Crippen LogP contribution is -2.24. The summed E-state index contributed by atoms with van der Waals surface area (Å²) in [6, 6.07) is 1.89. The smallest absolute Gasteiger partial charge is 0.181 e. The first kappa shape index (κ1) is 13.8. The van der Waals surface area contributed by atoms with Crippen LogP contribution in [0.2, 0.25) is 0 Å². The van der Waals surface area contributed by atoms with E-state index >= 15 is 0 Å². The van der Waals surface area contributed by atoms with Crippen LogP contribution in [0.1, 0.15) is 46.2 Å². The van der Waals surface area contributed by atoms with Crippen LogP contribution in [0.4, 0.5) is 0 Å². The van der Waals surface area contributed by atoms with Crippen LogP contribution in [0.15, 0.2) is 10.6 Å². The largest absolute Gasteiger partial charge is 0.361 e. The molecule has 2 aromatic heterocycles. The van der Waals surface area contributed by atoms with Crippen LogP contribution in [-0.4, -0.2) is 19.9 Å². The first-order valence-electron chi connectivity index (χ1n) is 6.67. The van der Waals surface area contributed by atoms with Gasteiger partial charge in [-0.15, -0.1) is 0 Å². The Labute approximate surface area is 114 Å². The van der Waals surface area contributed by atoms with Crippen molar-refractivity contribution >= 4 is 0 Å². The maximum atomic E-state index is 5.15. The Morgan fingerprint density at radius 1 is 1.32 bits per heavy atom. The summed E-state index contributed by atoms with van der Waals surface area (Å²) in [6.07, 6.45) is 0.868. The summed E-state index contributed by atoms with van der Waals surface area (Å²) in [6.45, 7) is 12.5. The second kappa shape index (κ2) is 4.79. The van der Waals surface area contributed by atoms with Crippen LogP contribution in [0, 0.1) is 12.8 Å². The Morgan fingerprint density at radius 2 is 2.00 bits per heavy atom. The van der Waals surface area contributed by atoms with Gasteiger partial charge in [-0.05, 0) is 33.6 Å². The van der Waals surface area contributed by atoms with E-state index in [0.29, 0.717) is 5.92 Å². The molecule has 0 N–H and O–H groups in total. The summed E-state index contributed by atoms with van der Waals surface area (Å²) >= 11 is 0. The van der Waals surface area contributed by atoms with E-state index in [2.05, 4.69) is 49.9 Å². The highest BCUT2D eigenvalue weighted by atomic mass is 16.5. The van der Waals surface area contributed by atoms with E-state index in [1.807, 2.05) is 17.7 Å². The molecule has 2 heterocycles. The zero-order valence-corrected chi connectivity index (χ0v) is 12.6. The van der Waals surface area contributed by atoms with Gasteiger partial charge in [0.25, 0.3) is 0 Å².